The second-order valence-corrected chi connectivity index (χ2v) is 6.42. The van der Waals surface area contributed by atoms with Crippen LogP contribution in [0.4, 0.5) is 0 Å². The molecule has 20 heavy (non-hydrogen) atoms. The molecular formula is C15H26N4O. The first-order chi connectivity index (χ1) is 9.70. The van der Waals surface area contributed by atoms with Crippen molar-refractivity contribution in [2.45, 2.75) is 70.5 Å². The molecule has 1 N–H and O–H groups in total. The van der Waals surface area contributed by atoms with E-state index in [9.17, 15) is 5.11 Å². The standard InChI is InChI=1S/C15H26N4O/c1-11(2)18-8-4-3-7-13(18)14-16-15-12(10-20)6-5-9-19(15)17-14/h11-13,20H,3-10H2,1-2H3. The molecule has 1 fully saturated rings. The van der Waals surface area contributed by atoms with E-state index in [1.165, 1.54) is 12.8 Å². The Balaban J connectivity index is 1.88. The summed E-state index contributed by atoms with van der Waals surface area (Å²) < 4.78 is 2.03. The van der Waals surface area contributed by atoms with Crippen LogP contribution in [-0.2, 0) is 6.54 Å². The summed E-state index contributed by atoms with van der Waals surface area (Å²) in [5, 5.41) is 14.3. The molecule has 2 atom stereocenters. The molecule has 0 spiro atoms. The highest BCUT2D eigenvalue weighted by Gasteiger charge is 2.31. The number of aliphatic hydroxyl groups is 1. The molecule has 1 aromatic heterocycles. The molecule has 0 saturated carbocycles. The number of likely N-dealkylation sites (tertiary alicyclic amines) is 1. The van der Waals surface area contributed by atoms with E-state index in [0.29, 0.717) is 12.1 Å². The second kappa shape index (κ2) is 5.82. The molecule has 2 unspecified atom stereocenters. The first kappa shape index (κ1) is 14.0. The van der Waals surface area contributed by atoms with Crippen LogP contribution in [0.15, 0.2) is 0 Å². The predicted molar refractivity (Wildman–Crippen MR) is 77.5 cm³/mol. The molecule has 1 aromatic rings. The maximum atomic E-state index is 9.51. The van der Waals surface area contributed by atoms with Crippen molar-refractivity contribution in [1.82, 2.24) is 19.7 Å². The average Bonchev–Trinajstić information content (AvgIpc) is 2.90. The Morgan fingerprint density at radius 3 is 2.80 bits per heavy atom. The molecule has 3 heterocycles. The Hall–Kier alpha value is -0.940. The summed E-state index contributed by atoms with van der Waals surface area (Å²) >= 11 is 0. The fraction of sp³-hybridized carbons (Fsp3) is 0.867. The minimum absolute atomic E-state index is 0.182. The van der Waals surface area contributed by atoms with E-state index in [1.54, 1.807) is 0 Å². The molecule has 5 nitrogen and oxygen atoms in total. The van der Waals surface area contributed by atoms with E-state index in [-0.39, 0.29) is 12.5 Å². The molecular weight excluding hydrogens is 252 g/mol. The van der Waals surface area contributed by atoms with Gasteiger partial charge >= 0.3 is 0 Å². The Morgan fingerprint density at radius 2 is 2.05 bits per heavy atom. The monoisotopic (exact) mass is 278 g/mol. The highest BCUT2D eigenvalue weighted by atomic mass is 16.3. The Kier molecular flexibility index (Phi) is 4.08. The van der Waals surface area contributed by atoms with Crippen LogP contribution in [0.2, 0.25) is 0 Å². The molecule has 1 saturated heterocycles. The van der Waals surface area contributed by atoms with Gasteiger partial charge in [-0.1, -0.05) is 6.42 Å². The highest BCUT2D eigenvalue weighted by Crippen LogP contribution is 2.33. The molecule has 112 valence electrons. The van der Waals surface area contributed by atoms with Crippen molar-refractivity contribution < 1.29 is 5.11 Å². The van der Waals surface area contributed by atoms with E-state index in [0.717, 1.165) is 44.0 Å². The summed E-state index contributed by atoms with van der Waals surface area (Å²) in [4.78, 5) is 7.34. The Bertz CT molecular complexity index is 457. The maximum Gasteiger partial charge on any atom is 0.168 e. The van der Waals surface area contributed by atoms with E-state index in [2.05, 4.69) is 18.7 Å². The van der Waals surface area contributed by atoms with Gasteiger partial charge in [0.2, 0.25) is 0 Å². The van der Waals surface area contributed by atoms with E-state index < -0.39 is 0 Å². The van der Waals surface area contributed by atoms with Crippen LogP contribution < -0.4 is 0 Å². The molecule has 3 rings (SSSR count). The van der Waals surface area contributed by atoms with Crippen molar-refractivity contribution >= 4 is 0 Å². The van der Waals surface area contributed by atoms with Crippen LogP contribution in [-0.4, -0.2) is 44.0 Å². The normalized spacial score (nSPS) is 27.8. The molecule has 0 aromatic carbocycles. The van der Waals surface area contributed by atoms with Crippen molar-refractivity contribution in [3.05, 3.63) is 11.6 Å². The van der Waals surface area contributed by atoms with Crippen LogP contribution in [0.5, 0.6) is 0 Å². The number of piperidine rings is 1. The van der Waals surface area contributed by atoms with Crippen LogP contribution in [0.3, 0.4) is 0 Å². The fourth-order valence-corrected chi connectivity index (χ4v) is 3.62. The van der Waals surface area contributed by atoms with Gasteiger partial charge in [0.25, 0.3) is 0 Å². The number of aromatic nitrogens is 3. The van der Waals surface area contributed by atoms with Crippen molar-refractivity contribution in [2.75, 3.05) is 13.2 Å². The van der Waals surface area contributed by atoms with Crippen molar-refractivity contribution in [1.29, 1.82) is 0 Å². The minimum Gasteiger partial charge on any atom is -0.396 e. The average molecular weight is 278 g/mol. The molecule has 0 radical (unpaired) electrons. The third-order valence-corrected chi connectivity index (χ3v) is 4.73. The van der Waals surface area contributed by atoms with Gasteiger partial charge < -0.3 is 5.11 Å². The Labute approximate surface area is 121 Å². The predicted octanol–water partition coefficient (Wildman–Crippen LogP) is 2.08. The smallest absolute Gasteiger partial charge is 0.168 e. The van der Waals surface area contributed by atoms with E-state index in [4.69, 9.17) is 10.1 Å². The van der Waals surface area contributed by atoms with Gasteiger partial charge in [-0.25, -0.2) is 9.67 Å². The molecule has 5 heteroatoms. The molecule has 2 aliphatic rings. The zero-order chi connectivity index (χ0) is 14.1. The minimum atomic E-state index is 0.182. The summed E-state index contributed by atoms with van der Waals surface area (Å²) in [7, 11) is 0. The van der Waals surface area contributed by atoms with Gasteiger partial charge in [0, 0.05) is 18.5 Å². The van der Waals surface area contributed by atoms with Gasteiger partial charge in [-0.15, -0.1) is 0 Å². The number of hydrogen-bond donors (Lipinski definition) is 1. The maximum absolute atomic E-state index is 9.51. The highest BCUT2D eigenvalue weighted by molar-refractivity contribution is 5.07. The lowest BCUT2D eigenvalue weighted by molar-refractivity contribution is 0.106. The zero-order valence-electron chi connectivity index (χ0n) is 12.6. The lowest BCUT2D eigenvalue weighted by Crippen LogP contribution is -2.39. The number of nitrogens with zero attached hydrogens (tertiary/aromatic N) is 4. The number of aliphatic hydroxyl groups excluding tert-OH is 1. The van der Waals surface area contributed by atoms with Crippen molar-refractivity contribution in [2.24, 2.45) is 0 Å². The van der Waals surface area contributed by atoms with Crippen LogP contribution in [0.1, 0.15) is 69.6 Å². The summed E-state index contributed by atoms with van der Waals surface area (Å²) in [6.07, 6.45) is 5.83. The molecule has 2 aliphatic heterocycles. The third-order valence-electron chi connectivity index (χ3n) is 4.73. The summed E-state index contributed by atoms with van der Waals surface area (Å²) in [6, 6.07) is 0.899. The lowest BCUT2D eigenvalue weighted by atomic mass is 9.99. The third kappa shape index (κ3) is 2.49. The fourth-order valence-electron chi connectivity index (χ4n) is 3.62. The number of rotatable bonds is 3. The van der Waals surface area contributed by atoms with Crippen LogP contribution in [0, 0.1) is 0 Å². The zero-order valence-corrected chi connectivity index (χ0v) is 12.6. The first-order valence-electron chi connectivity index (χ1n) is 8.02. The second-order valence-electron chi connectivity index (χ2n) is 6.42. The number of fused-ring (bicyclic) bond motifs is 1. The van der Waals surface area contributed by atoms with Crippen LogP contribution >= 0.6 is 0 Å². The molecule has 0 bridgehead atoms. The summed E-state index contributed by atoms with van der Waals surface area (Å²) in [5.74, 6) is 2.16. The number of aryl methyl sites for hydroxylation is 1. The quantitative estimate of drug-likeness (QED) is 0.920. The van der Waals surface area contributed by atoms with Gasteiger partial charge in [0.05, 0.1) is 12.6 Å². The van der Waals surface area contributed by atoms with Crippen LogP contribution in [0.25, 0.3) is 0 Å². The van der Waals surface area contributed by atoms with E-state index in [1.807, 2.05) is 4.68 Å². The van der Waals surface area contributed by atoms with Crippen molar-refractivity contribution in [3.63, 3.8) is 0 Å². The van der Waals surface area contributed by atoms with Crippen molar-refractivity contribution in [3.8, 4) is 0 Å². The lowest BCUT2D eigenvalue weighted by Gasteiger charge is -2.36. The van der Waals surface area contributed by atoms with E-state index >= 15 is 0 Å². The number of hydrogen-bond acceptors (Lipinski definition) is 4. The molecule has 0 aliphatic carbocycles. The van der Waals surface area contributed by atoms with Gasteiger partial charge in [-0.3, -0.25) is 4.90 Å². The van der Waals surface area contributed by atoms with Gasteiger partial charge in [0.1, 0.15) is 5.82 Å². The van der Waals surface area contributed by atoms with Gasteiger partial charge in [-0.05, 0) is 46.1 Å². The van der Waals surface area contributed by atoms with Gasteiger partial charge in [0.15, 0.2) is 5.82 Å². The topological polar surface area (TPSA) is 54.2 Å². The first-order valence-corrected chi connectivity index (χ1v) is 8.02. The summed E-state index contributed by atoms with van der Waals surface area (Å²) in [6.45, 7) is 6.80. The SMILES string of the molecule is CC(C)N1CCCCC1c1nc2n(n1)CCCC2CO. The summed E-state index contributed by atoms with van der Waals surface area (Å²) in [5.41, 5.74) is 0. The van der Waals surface area contributed by atoms with Gasteiger partial charge in [-0.2, -0.15) is 5.10 Å². The molecule has 0 amide bonds. The largest absolute Gasteiger partial charge is 0.396 e. The Morgan fingerprint density at radius 1 is 1.20 bits per heavy atom.